The second-order valence-corrected chi connectivity index (χ2v) is 7.57. The van der Waals surface area contributed by atoms with Gasteiger partial charge in [0.15, 0.2) is 0 Å². The van der Waals surface area contributed by atoms with E-state index in [4.69, 9.17) is 23.2 Å². The summed E-state index contributed by atoms with van der Waals surface area (Å²) in [7, 11) is 0. The third-order valence-corrected chi connectivity index (χ3v) is 5.66. The van der Waals surface area contributed by atoms with Crippen molar-refractivity contribution in [2.45, 2.75) is 39.2 Å². The predicted molar refractivity (Wildman–Crippen MR) is 102 cm³/mol. The highest BCUT2D eigenvalue weighted by atomic mass is 35.5. The molecule has 2 aromatic rings. The van der Waals surface area contributed by atoms with Gasteiger partial charge in [-0.3, -0.25) is 9.59 Å². The lowest BCUT2D eigenvalue weighted by Gasteiger charge is -2.18. The minimum Gasteiger partial charge on any atom is -0.269 e. The molecule has 0 radical (unpaired) electrons. The van der Waals surface area contributed by atoms with Gasteiger partial charge in [0.05, 0.1) is 21.4 Å². The first-order valence-corrected chi connectivity index (χ1v) is 9.54. The Labute approximate surface area is 173 Å². The number of rotatable bonds is 3. The van der Waals surface area contributed by atoms with Gasteiger partial charge in [-0.25, -0.2) is 14.3 Å². The number of aryl methyl sites for hydroxylation is 1. The van der Waals surface area contributed by atoms with E-state index in [0.29, 0.717) is 28.7 Å². The van der Waals surface area contributed by atoms with Crippen LogP contribution in [0.15, 0.2) is 28.1 Å². The topological polar surface area (TPSA) is 77.2 Å². The SMILES string of the molecule is Cc1nn(-c2cc(N3C(=O)C4=C(CCCC4)C3=O)c(Cl)cc2Cl)c(=O)n1C(F)F. The van der Waals surface area contributed by atoms with Crippen LogP contribution in [-0.4, -0.2) is 26.2 Å². The Kier molecular flexibility index (Phi) is 4.82. The predicted octanol–water partition coefficient (Wildman–Crippen LogP) is 3.79. The monoisotopic (exact) mass is 442 g/mol. The molecule has 0 fully saturated rings. The summed E-state index contributed by atoms with van der Waals surface area (Å²) >= 11 is 12.4. The Hall–Kier alpha value is -2.52. The maximum atomic E-state index is 13.1. The number of benzene rings is 1. The molecule has 4 rings (SSSR count). The van der Waals surface area contributed by atoms with Gasteiger partial charge in [-0.2, -0.15) is 13.5 Å². The number of amides is 2. The van der Waals surface area contributed by atoms with Crippen LogP contribution in [0.2, 0.25) is 10.0 Å². The summed E-state index contributed by atoms with van der Waals surface area (Å²) < 4.78 is 27.2. The first kappa shape index (κ1) is 19.8. The van der Waals surface area contributed by atoms with Gasteiger partial charge in [0, 0.05) is 11.1 Å². The quantitative estimate of drug-likeness (QED) is 0.677. The highest BCUT2D eigenvalue weighted by Gasteiger charge is 2.40. The molecule has 0 saturated heterocycles. The molecule has 2 heterocycles. The number of halogens is 4. The second-order valence-electron chi connectivity index (χ2n) is 6.75. The number of carbonyl (C=O) groups is 2. The highest BCUT2D eigenvalue weighted by molar-refractivity contribution is 6.41. The van der Waals surface area contributed by atoms with Crippen molar-refractivity contribution in [2.24, 2.45) is 0 Å². The van der Waals surface area contributed by atoms with E-state index >= 15 is 0 Å². The van der Waals surface area contributed by atoms with E-state index < -0.39 is 24.1 Å². The summed E-state index contributed by atoms with van der Waals surface area (Å²) in [5.74, 6) is -1.16. The lowest BCUT2D eigenvalue weighted by molar-refractivity contribution is -0.120. The van der Waals surface area contributed by atoms with E-state index in [1.807, 2.05) is 0 Å². The van der Waals surface area contributed by atoms with Crippen molar-refractivity contribution in [2.75, 3.05) is 4.90 Å². The van der Waals surface area contributed by atoms with E-state index in [9.17, 15) is 23.2 Å². The minimum absolute atomic E-state index is 0.0124. The summed E-state index contributed by atoms with van der Waals surface area (Å²) in [6.45, 7) is -1.83. The largest absolute Gasteiger partial charge is 0.355 e. The van der Waals surface area contributed by atoms with Crippen molar-refractivity contribution < 1.29 is 18.4 Å². The third-order valence-electron chi connectivity index (χ3n) is 5.05. The molecule has 1 aliphatic carbocycles. The molecular weight excluding hydrogens is 429 g/mol. The zero-order valence-corrected chi connectivity index (χ0v) is 16.6. The van der Waals surface area contributed by atoms with Crippen LogP contribution in [0.4, 0.5) is 14.5 Å². The summed E-state index contributed by atoms with van der Waals surface area (Å²) in [6.07, 6.45) is 2.63. The van der Waals surface area contributed by atoms with Gasteiger partial charge >= 0.3 is 12.2 Å². The van der Waals surface area contributed by atoms with Crippen molar-refractivity contribution in [3.63, 3.8) is 0 Å². The van der Waals surface area contributed by atoms with Crippen molar-refractivity contribution in [1.29, 1.82) is 0 Å². The maximum Gasteiger partial charge on any atom is 0.355 e. The average molecular weight is 443 g/mol. The molecule has 1 aromatic heterocycles. The zero-order valence-electron chi connectivity index (χ0n) is 15.1. The fourth-order valence-corrected chi connectivity index (χ4v) is 4.22. The Morgan fingerprint density at radius 3 is 2.03 bits per heavy atom. The molecule has 1 aliphatic heterocycles. The first-order valence-electron chi connectivity index (χ1n) is 8.79. The van der Waals surface area contributed by atoms with Gasteiger partial charge in [-0.05, 0) is 44.7 Å². The molecule has 0 unspecified atom stereocenters. The van der Waals surface area contributed by atoms with E-state index in [1.165, 1.54) is 19.1 Å². The fourth-order valence-electron chi connectivity index (χ4n) is 3.68. The number of hydrogen-bond acceptors (Lipinski definition) is 4. The molecular formula is C18H14Cl2F2N4O3. The number of anilines is 1. The molecule has 0 atom stereocenters. The molecule has 0 bridgehead atoms. The summed E-state index contributed by atoms with van der Waals surface area (Å²) in [5, 5.41) is 3.80. The molecule has 0 N–H and O–H groups in total. The molecule has 29 heavy (non-hydrogen) atoms. The second kappa shape index (κ2) is 7.07. The Balaban J connectivity index is 1.85. The van der Waals surface area contributed by atoms with Crippen LogP contribution in [0.25, 0.3) is 5.69 Å². The standard InChI is InChI=1S/C18H14Cl2F2N4O3/c1-8-23-26(18(29)24(8)17(21)22)14-7-13(11(19)6-12(14)20)25-15(27)9-4-2-3-5-10(9)16(25)28/h6-7,17H,2-5H2,1H3. The molecule has 0 saturated carbocycles. The van der Waals surface area contributed by atoms with Crippen molar-refractivity contribution in [3.05, 3.63) is 49.6 Å². The van der Waals surface area contributed by atoms with Gasteiger partial charge in [-0.1, -0.05) is 23.2 Å². The Morgan fingerprint density at radius 2 is 1.52 bits per heavy atom. The van der Waals surface area contributed by atoms with Crippen LogP contribution in [-0.2, 0) is 9.59 Å². The summed E-state index contributed by atoms with van der Waals surface area (Å²) in [5.41, 5.74) is -0.229. The lowest BCUT2D eigenvalue weighted by Crippen LogP contribution is -2.32. The number of aromatic nitrogens is 3. The number of hydrogen-bond donors (Lipinski definition) is 0. The van der Waals surface area contributed by atoms with E-state index in [1.54, 1.807) is 0 Å². The molecule has 2 amide bonds. The van der Waals surface area contributed by atoms with Gasteiger partial charge < -0.3 is 0 Å². The number of carbonyl (C=O) groups excluding carboxylic acids is 2. The van der Waals surface area contributed by atoms with Crippen LogP contribution in [0.3, 0.4) is 0 Å². The van der Waals surface area contributed by atoms with E-state index in [2.05, 4.69) is 5.10 Å². The van der Waals surface area contributed by atoms with Crippen LogP contribution in [0.5, 0.6) is 0 Å². The molecule has 1 aromatic carbocycles. The van der Waals surface area contributed by atoms with Crippen LogP contribution in [0.1, 0.15) is 38.1 Å². The number of alkyl halides is 2. The van der Waals surface area contributed by atoms with E-state index in [0.717, 1.165) is 17.7 Å². The summed E-state index contributed by atoms with van der Waals surface area (Å²) in [6, 6.07) is 2.48. The molecule has 0 spiro atoms. The van der Waals surface area contributed by atoms with Crippen LogP contribution < -0.4 is 10.6 Å². The lowest BCUT2D eigenvalue weighted by atomic mass is 9.93. The molecule has 152 valence electrons. The molecule has 2 aliphatic rings. The maximum absolute atomic E-state index is 13.1. The van der Waals surface area contributed by atoms with Gasteiger partial charge in [0.1, 0.15) is 5.82 Å². The highest BCUT2D eigenvalue weighted by Crippen LogP contribution is 2.40. The van der Waals surface area contributed by atoms with Gasteiger partial charge in [0.25, 0.3) is 11.8 Å². The first-order chi connectivity index (χ1) is 13.7. The fraction of sp³-hybridized carbons (Fsp3) is 0.333. The normalized spacial score (nSPS) is 17.0. The third kappa shape index (κ3) is 3.00. The van der Waals surface area contributed by atoms with E-state index in [-0.39, 0.29) is 31.8 Å². The van der Waals surface area contributed by atoms with Crippen molar-refractivity contribution in [3.8, 4) is 5.69 Å². The van der Waals surface area contributed by atoms with Crippen molar-refractivity contribution >= 4 is 40.7 Å². The number of imide groups is 1. The zero-order chi connectivity index (χ0) is 21.0. The van der Waals surface area contributed by atoms with Crippen LogP contribution in [0, 0.1) is 6.92 Å². The number of nitrogens with zero attached hydrogens (tertiary/aromatic N) is 4. The Bertz CT molecular complexity index is 1120. The Morgan fingerprint density at radius 1 is 0.966 bits per heavy atom. The average Bonchev–Trinajstić information content (AvgIpc) is 3.10. The van der Waals surface area contributed by atoms with Gasteiger partial charge in [-0.15, -0.1) is 5.10 Å². The molecule has 11 heteroatoms. The summed E-state index contributed by atoms with van der Waals surface area (Å²) in [4.78, 5) is 39.0. The molecule has 7 nitrogen and oxygen atoms in total. The van der Waals surface area contributed by atoms with Gasteiger partial charge in [0.2, 0.25) is 0 Å². The van der Waals surface area contributed by atoms with Crippen LogP contribution >= 0.6 is 23.2 Å². The van der Waals surface area contributed by atoms with Crippen molar-refractivity contribution in [1.82, 2.24) is 14.3 Å². The smallest absolute Gasteiger partial charge is 0.269 e. The minimum atomic E-state index is -3.08.